The molecule has 0 bridgehead atoms. The number of rotatable bonds is 10. The molecule has 0 aliphatic heterocycles. The second kappa shape index (κ2) is 9.90. The molecule has 1 amide bonds. The number of benzene rings is 1. The number of sulfone groups is 1. The van der Waals surface area contributed by atoms with Crippen LogP contribution in [-0.2, 0) is 27.6 Å². The smallest absolute Gasteiger partial charge is 0.293 e. The number of nitrogens with zero attached hydrogens (tertiary/aromatic N) is 3. The highest BCUT2D eigenvalue weighted by Crippen LogP contribution is 2.27. The van der Waals surface area contributed by atoms with Crippen molar-refractivity contribution < 1.29 is 18.1 Å². The van der Waals surface area contributed by atoms with Crippen molar-refractivity contribution in [2.24, 2.45) is 5.92 Å². The summed E-state index contributed by atoms with van der Waals surface area (Å²) < 4.78 is 25.1. The van der Waals surface area contributed by atoms with Crippen molar-refractivity contribution in [3.8, 4) is 0 Å². The summed E-state index contributed by atoms with van der Waals surface area (Å²) in [6.45, 7) is 9.33. The van der Waals surface area contributed by atoms with Crippen molar-refractivity contribution in [3.63, 3.8) is 0 Å². The highest BCUT2D eigenvalue weighted by atomic mass is 32.2. The molecule has 2 aromatic rings. The van der Waals surface area contributed by atoms with Gasteiger partial charge in [-0.1, -0.05) is 13.8 Å². The highest BCUT2D eigenvalue weighted by Gasteiger charge is 2.19. The third-order valence-electron chi connectivity index (χ3n) is 4.76. The van der Waals surface area contributed by atoms with Crippen LogP contribution in [0, 0.1) is 29.9 Å². The molecule has 0 saturated carbocycles. The van der Waals surface area contributed by atoms with Crippen molar-refractivity contribution in [3.05, 3.63) is 45.3 Å². The summed E-state index contributed by atoms with van der Waals surface area (Å²) >= 11 is 0. The Bertz CT molecular complexity index is 1080. The highest BCUT2D eigenvalue weighted by molar-refractivity contribution is 7.90. The Balaban J connectivity index is 1.94. The van der Waals surface area contributed by atoms with Crippen LogP contribution in [0.25, 0.3) is 0 Å². The molecular weight excluding hydrogens is 422 g/mol. The fraction of sp³-hybridized carbons (Fsp3) is 0.500. The minimum absolute atomic E-state index is 0.123. The van der Waals surface area contributed by atoms with Gasteiger partial charge in [0, 0.05) is 43.2 Å². The number of carbonyl (C=O) groups excluding carboxylic acids is 1. The summed E-state index contributed by atoms with van der Waals surface area (Å²) in [7, 11) is -3.55. The fourth-order valence-electron chi connectivity index (χ4n) is 3.18. The van der Waals surface area contributed by atoms with E-state index in [2.05, 4.69) is 29.6 Å². The second-order valence-electron chi connectivity index (χ2n) is 7.89. The predicted molar refractivity (Wildman–Crippen MR) is 118 cm³/mol. The van der Waals surface area contributed by atoms with Crippen LogP contribution in [0.2, 0.25) is 0 Å². The van der Waals surface area contributed by atoms with Crippen LogP contribution in [0.5, 0.6) is 0 Å². The Kier molecular flexibility index (Phi) is 7.77. The summed E-state index contributed by atoms with van der Waals surface area (Å²) in [4.78, 5) is 22.8. The minimum Gasteiger partial charge on any atom is -0.378 e. The zero-order chi connectivity index (χ0) is 23.3. The zero-order valence-corrected chi connectivity index (χ0v) is 19.2. The first-order valence-corrected chi connectivity index (χ1v) is 11.8. The van der Waals surface area contributed by atoms with Gasteiger partial charge in [0.05, 0.1) is 21.9 Å². The molecule has 11 heteroatoms. The van der Waals surface area contributed by atoms with E-state index in [1.807, 2.05) is 18.5 Å². The van der Waals surface area contributed by atoms with Gasteiger partial charge in [-0.3, -0.25) is 19.6 Å². The molecule has 0 saturated heterocycles. The molecule has 0 aliphatic rings. The number of nitro benzene ring substituents is 1. The maximum Gasteiger partial charge on any atom is 0.293 e. The number of nitrogens with one attached hydrogen (secondary N) is 2. The van der Waals surface area contributed by atoms with Gasteiger partial charge >= 0.3 is 0 Å². The molecule has 1 heterocycles. The average molecular weight is 452 g/mol. The Morgan fingerprint density at radius 3 is 2.52 bits per heavy atom. The van der Waals surface area contributed by atoms with Crippen LogP contribution < -0.4 is 10.6 Å². The first-order valence-electron chi connectivity index (χ1n) is 9.92. The molecular formula is C20H29N5O5S. The van der Waals surface area contributed by atoms with E-state index >= 15 is 0 Å². The molecule has 0 radical (unpaired) electrons. The van der Waals surface area contributed by atoms with Crippen molar-refractivity contribution in [1.82, 2.24) is 15.1 Å². The van der Waals surface area contributed by atoms with Gasteiger partial charge < -0.3 is 10.6 Å². The number of anilines is 1. The lowest BCUT2D eigenvalue weighted by Crippen LogP contribution is -2.30. The lowest BCUT2D eigenvalue weighted by Gasteiger charge is -2.10. The Labute approximate surface area is 182 Å². The number of aryl methyl sites for hydroxylation is 1. The van der Waals surface area contributed by atoms with Crippen LogP contribution in [0.4, 0.5) is 11.4 Å². The summed E-state index contributed by atoms with van der Waals surface area (Å²) in [5.41, 5.74) is 2.55. The first-order chi connectivity index (χ1) is 14.4. The molecule has 10 nitrogen and oxygen atoms in total. The lowest BCUT2D eigenvalue weighted by molar-refractivity contribution is -0.384. The third-order valence-corrected chi connectivity index (χ3v) is 5.87. The fourth-order valence-corrected chi connectivity index (χ4v) is 3.82. The van der Waals surface area contributed by atoms with Crippen molar-refractivity contribution in [2.75, 3.05) is 24.7 Å². The topological polar surface area (TPSA) is 136 Å². The zero-order valence-electron chi connectivity index (χ0n) is 18.4. The second-order valence-corrected chi connectivity index (χ2v) is 9.90. The molecule has 31 heavy (non-hydrogen) atoms. The van der Waals surface area contributed by atoms with Crippen molar-refractivity contribution in [2.45, 2.75) is 45.6 Å². The van der Waals surface area contributed by atoms with Gasteiger partial charge in [-0.25, -0.2) is 8.42 Å². The number of hydrogen-bond donors (Lipinski definition) is 2. The number of amides is 1. The van der Waals surface area contributed by atoms with Crippen LogP contribution in [0.3, 0.4) is 0 Å². The minimum atomic E-state index is -3.55. The van der Waals surface area contributed by atoms with Crippen molar-refractivity contribution in [1.29, 1.82) is 0 Å². The van der Waals surface area contributed by atoms with E-state index in [0.29, 0.717) is 5.92 Å². The van der Waals surface area contributed by atoms with E-state index in [0.717, 1.165) is 35.8 Å². The number of aromatic nitrogens is 2. The van der Waals surface area contributed by atoms with Gasteiger partial charge in [-0.2, -0.15) is 5.10 Å². The quantitative estimate of drug-likeness (QED) is 0.321. The van der Waals surface area contributed by atoms with E-state index in [-0.39, 0.29) is 41.7 Å². The third kappa shape index (κ3) is 6.51. The van der Waals surface area contributed by atoms with E-state index in [1.165, 1.54) is 12.1 Å². The van der Waals surface area contributed by atoms with Gasteiger partial charge in [0.2, 0.25) is 5.91 Å². The van der Waals surface area contributed by atoms with Crippen molar-refractivity contribution >= 4 is 27.1 Å². The van der Waals surface area contributed by atoms with Gasteiger partial charge in [-0.05, 0) is 31.9 Å². The van der Waals surface area contributed by atoms with Crippen LogP contribution >= 0.6 is 0 Å². The normalized spacial score (nSPS) is 11.5. The molecule has 2 N–H and O–H groups in total. The first kappa shape index (κ1) is 24.3. The Morgan fingerprint density at radius 2 is 1.94 bits per heavy atom. The SMILES string of the molecule is Cc1nn(CC(C)C)c(C)c1CC(=O)NCCNc1ccc(S(C)(=O)=O)cc1[N+](=O)[O-]. The van der Waals surface area contributed by atoms with Crippen LogP contribution in [0.15, 0.2) is 23.1 Å². The maximum absolute atomic E-state index is 12.3. The van der Waals surface area contributed by atoms with E-state index < -0.39 is 14.8 Å². The van der Waals surface area contributed by atoms with E-state index in [4.69, 9.17) is 0 Å². The van der Waals surface area contributed by atoms with Crippen LogP contribution in [-0.4, -0.2) is 48.4 Å². The molecule has 0 aliphatic carbocycles. The van der Waals surface area contributed by atoms with E-state index in [9.17, 15) is 23.3 Å². The molecule has 1 aromatic heterocycles. The molecule has 0 spiro atoms. The molecule has 170 valence electrons. The Hall–Kier alpha value is -2.95. The summed E-state index contributed by atoms with van der Waals surface area (Å²) in [6, 6.07) is 3.69. The Morgan fingerprint density at radius 1 is 1.26 bits per heavy atom. The van der Waals surface area contributed by atoms with Gasteiger partial charge in [0.25, 0.3) is 5.69 Å². The number of carbonyl (C=O) groups is 1. The average Bonchev–Trinajstić information content (AvgIpc) is 2.91. The summed E-state index contributed by atoms with van der Waals surface area (Å²) in [5.74, 6) is 0.278. The molecule has 1 aromatic carbocycles. The predicted octanol–water partition coefficient (Wildman–Crippen LogP) is 2.24. The largest absolute Gasteiger partial charge is 0.378 e. The lowest BCUT2D eigenvalue weighted by atomic mass is 10.1. The van der Waals surface area contributed by atoms with Gasteiger partial charge in [-0.15, -0.1) is 0 Å². The standard InChI is InChI=1S/C20H29N5O5S/c1-13(2)12-24-15(4)17(14(3)23-24)11-20(26)22-9-8-21-18-7-6-16(31(5,29)30)10-19(18)25(27)28/h6-7,10,13,21H,8-9,11-12H2,1-5H3,(H,22,26). The van der Waals surface area contributed by atoms with Gasteiger partial charge in [0.15, 0.2) is 9.84 Å². The van der Waals surface area contributed by atoms with E-state index in [1.54, 1.807) is 0 Å². The molecule has 2 rings (SSSR count). The monoisotopic (exact) mass is 451 g/mol. The number of hydrogen-bond acceptors (Lipinski definition) is 7. The molecule has 0 unspecified atom stereocenters. The summed E-state index contributed by atoms with van der Waals surface area (Å²) in [6.07, 6.45) is 1.20. The maximum atomic E-state index is 12.3. The molecule has 0 fully saturated rings. The van der Waals surface area contributed by atoms with Gasteiger partial charge in [0.1, 0.15) is 5.69 Å². The summed E-state index contributed by atoms with van der Waals surface area (Å²) in [5, 5.41) is 21.4. The number of nitro groups is 1. The molecule has 0 atom stereocenters. The van der Waals surface area contributed by atoms with Crippen LogP contribution in [0.1, 0.15) is 30.8 Å².